The number of hydrogen-bond donors (Lipinski definition) is 0. The Labute approximate surface area is 340 Å². The Bertz CT molecular complexity index is 1420. The van der Waals surface area contributed by atoms with Gasteiger partial charge in [0.05, 0.1) is 20.3 Å². The fourth-order valence-corrected chi connectivity index (χ4v) is 6.41. The Balaban J connectivity index is 0.000000390. The van der Waals surface area contributed by atoms with Crippen LogP contribution in [-0.4, -0.2) is 32.6 Å². The molecule has 0 spiro atoms. The number of hydrogen-bond acceptors (Lipinski definition) is 6. The second kappa shape index (κ2) is 33.1. The minimum absolute atomic E-state index is 0.00617. The molecule has 3 rings (SSSR count). The number of aryl methyl sites for hydroxylation is 1. The fourth-order valence-electron chi connectivity index (χ4n) is 6.41. The lowest BCUT2D eigenvalue weighted by Gasteiger charge is -2.12. The molecule has 1 atom stereocenters. The molecule has 0 saturated heterocycles. The van der Waals surface area contributed by atoms with E-state index in [-0.39, 0.29) is 5.97 Å². The Kier molecular flexibility index (Phi) is 28.4. The predicted molar refractivity (Wildman–Crippen MR) is 233 cm³/mol. The number of methoxy groups -OCH3 is 1. The van der Waals surface area contributed by atoms with Crippen molar-refractivity contribution in [2.75, 3.05) is 20.3 Å². The molecule has 56 heavy (non-hydrogen) atoms. The van der Waals surface area contributed by atoms with Crippen LogP contribution >= 0.6 is 0 Å². The van der Waals surface area contributed by atoms with Crippen molar-refractivity contribution in [1.29, 1.82) is 0 Å². The largest absolute Gasteiger partial charge is 0.493 e. The average Bonchev–Trinajstić information content (AvgIpc) is 3.23. The SMILES string of the molecule is CCCCCCCCCCCCCCCC(=O)OCCC(C)CCc1ccccc1.CCCCCCOC(=COc1ccc(C=O)cc1OC)c1ccccc1. The second-order valence-corrected chi connectivity index (χ2v) is 15.0. The molecule has 3 aromatic rings. The van der Waals surface area contributed by atoms with Gasteiger partial charge in [0.1, 0.15) is 12.5 Å². The number of ether oxygens (including phenoxy) is 4. The van der Waals surface area contributed by atoms with Crippen LogP contribution in [0, 0.1) is 5.92 Å². The van der Waals surface area contributed by atoms with Gasteiger partial charge in [-0.15, -0.1) is 0 Å². The van der Waals surface area contributed by atoms with Crippen LogP contribution < -0.4 is 9.47 Å². The first kappa shape index (κ1) is 48.1. The second-order valence-electron chi connectivity index (χ2n) is 15.0. The Hall–Kier alpha value is -4.06. The summed E-state index contributed by atoms with van der Waals surface area (Å²) in [6.45, 7) is 7.94. The summed E-state index contributed by atoms with van der Waals surface area (Å²) in [6.07, 6.45) is 28.1. The van der Waals surface area contributed by atoms with E-state index in [1.807, 2.05) is 30.3 Å². The molecular formula is C50H74O6. The number of aldehydes is 1. The highest BCUT2D eigenvalue weighted by molar-refractivity contribution is 5.76. The van der Waals surface area contributed by atoms with Gasteiger partial charge in [0, 0.05) is 17.5 Å². The molecule has 0 radical (unpaired) electrons. The summed E-state index contributed by atoms with van der Waals surface area (Å²) in [6, 6.07) is 25.5. The molecule has 0 aliphatic rings. The molecule has 0 aromatic heterocycles. The summed E-state index contributed by atoms with van der Waals surface area (Å²) in [5.41, 5.74) is 2.88. The number of rotatable bonds is 31. The van der Waals surface area contributed by atoms with Crippen LogP contribution in [0.2, 0.25) is 0 Å². The number of benzene rings is 3. The number of unbranched alkanes of at least 4 members (excludes halogenated alkanes) is 15. The molecule has 310 valence electrons. The van der Waals surface area contributed by atoms with Crippen LogP contribution in [0.3, 0.4) is 0 Å². The molecule has 6 nitrogen and oxygen atoms in total. The van der Waals surface area contributed by atoms with Crippen molar-refractivity contribution in [3.05, 3.63) is 102 Å². The molecule has 0 saturated carbocycles. The summed E-state index contributed by atoms with van der Waals surface area (Å²) in [4.78, 5) is 22.8. The van der Waals surface area contributed by atoms with Gasteiger partial charge in [-0.05, 0) is 61.8 Å². The summed E-state index contributed by atoms with van der Waals surface area (Å²) in [7, 11) is 1.54. The van der Waals surface area contributed by atoms with Gasteiger partial charge in [-0.25, -0.2) is 0 Å². The van der Waals surface area contributed by atoms with Crippen molar-refractivity contribution >= 4 is 18.0 Å². The van der Waals surface area contributed by atoms with E-state index in [1.54, 1.807) is 31.6 Å². The quantitative estimate of drug-likeness (QED) is 0.0281. The van der Waals surface area contributed by atoms with Gasteiger partial charge in [-0.2, -0.15) is 0 Å². The van der Waals surface area contributed by atoms with E-state index in [0.717, 1.165) is 50.4 Å². The zero-order valence-corrected chi connectivity index (χ0v) is 35.5. The van der Waals surface area contributed by atoms with Crippen molar-refractivity contribution < 1.29 is 28.5 Å². The van der Waals surface area contributed by atoms with E-state index >= 15 is 0 Å². The van der Waals surface area contributed by atoms with Crippen LogP contribution in [0.15, 0.2) is 85.1 Å². The normalized spacial score (nSPS) is 11.6. The van der Waals surface area contributed by atoms with Crippen molar-refractivity contribution in [3.8, 4) is 11.5 Å². The zero-order chi connectivity index (χ0) is 40.3. The van der Waals surface area contributed by atoms with Gasteiger partial charge in [-0.1, -0.05) is 178 Å². The molecule has 0 N–H and O–H groups in total. The van der Waals surface area contributed by atoms with Gasteiger partial charge in [0.2, 0.25) is 0 Å². The molecule has 3 aromatic carbocycles. The first-order chi connectivity index (χ1) is 27.5. The maximum absolute atomic E-state index is 11.9. The van der Waals surface area contributed by atoms with Crippen LogP contribution in [0.5, 0.6) is 11.5 Å². The first-order valence-electron chi connectivity index (χ1n) is 21.9. The van der Waals surface area contributed by atoms with E-state index in [9.17, 15) is 9.59 Å². The van der Waals surface area contributed by atoms with Gasteiger partial charge in [0.15, 0.2) is 17.3 Å². The molecule has 1 unspecified atom stereocenters. The van der Waals surface area contributed by atoms with Crippen LogP contribution in [0.1, 0.15) is 171 Å². The van der Waals surface area contributed by atoms with Crippen LogP contribution in [-0.2, 0) is 20.7 Å². The highest BCUT2D eigenvalue weighted by atomic mass is 16.5. The maximum atomic E-state index is 11.9. The maximum Gasteiger partial charge on any atom is 0.305 e. The predicted octanol–water partition coefficient (Wildman–Crippen LogP) is 14.2. The van der Waals surface area contributed by atoms with Crippen molar-refractivity contribution in [1.82, 2.24) is 0 Å². The Morgan fingerprint density at radius 1 is 0.625 bits per heavy atom. The first-order valence-corrected chi connectivity index (χ1v) is 21.9. The smallest absolute Gasteiger partial charge is 0.305 e. The third kappa shape index (κ3) is 23.8. The minimum Gasteiger partial charge on any atom is -0.493 e. The van der Waals surface area contributed by atoms with Gasteiger partial charge >= 0.3 is 5.97 Å². The number of carbonyl (C=O) groups is 2. The molecule has 0 amide bonds. The highest BCUT2D eigenvalue weighted by Crippen LogP contribution is 2.29. The van der Waals surface area contributed by atoms with Crippen LogP contribution in [0.4, 0.5) is 0 Å². The number of esters is 1. The Morgan fingerprint density at radius 3 is 1.79 bits per heavy atom. The summed E-state index contributed by atoms with van der Waals surface area (Å²) in [5, 5.41) is 0. The van der Waals surface area contributed by atoms with Gasteiger partial charge in [0.25, 0.3) is 0 Å². The van der Waals surface area contributed by atoms with E-state index in [2.05, 4.69) is 51.1 Å². The summed E-state index contributed by atoms with van der Waals surface area (Å²) in [5.74, 6) is 2.29. The third-order valence-electron chi connectivity index (χ3n) is 10.1. The standard InChI is InChI=1S/C28H48O2.C22H26O4/c1-3-4-5-6-7-8-9-10-11-12-13-14-18-21-28(29)30-25-24-26(2)22-23-27-19-16-15-17-20-27;1-3-4-5-9-14-25-22(19-10-7-6-8-11-19)17-26-20-13-12-18(16-23)15-21(20)24-2/h15-17,19-20,26H,3-14,18,21-25H2,1-2H3;6-8,10-13,15-17H,3-5,9,14H2,1-2H3. The third-order valence-corrected chi connectivity index (χ3v) is 10.1. The number of carbonyl (C=O) groups excluding carboxylic acids is 2. The zero-order valence-electron chi connectivity index (χ0n) is 35.5. The van der Waals surface area contributed by atoms with E-state index < -0.39 is 0 Å². The van der Waals surface area contributed by atoms with E-state index in [1.165, 1.54) is 95.5 Å². The van der Waals surface area contributed by atoms with Crippen LogP contribution in [0.25, 0.3) is 5.76 Å². The minimum atomic E-state index is -0.00617. The average molecular weight is 771 g/mol. The molecule has 6 heteroatoms. The highest BCUT2D eigenvalue weighted by Gasteiger charge is 2.09. The lowest BCUT2D eigenvalue weighted by atomic mass is 9.99. The molecular weight excluding hydrogens is 697 g/mol. The Morgan fingerprint density at radius 2 is 1.20 bits per heavy atom. The molecule has 0 aliphatic heterocycles. The van der Waals surface area contributed by atoms with Crippen molar-refractivity contribution in [2.24, 2.45) is 5.92 Å². The monoisotopic (exact) mass is 771 g/mol. The molecule has 0 heterocycles. The van der Waals surface area contributed by atoms with Crippen molar-refractivity contribution in [2.45, 2.75) is 156 Å². The van der Waals surface area contributed by atoms with E-state index in [0.29, 0.717) is 48.4 Å². The van der Waals surface area contributed by atoms with E-state index in [4.69, 9.17) is 18.9 Å². The fraction of sp³-hybridized carbons (Fsp3) is 0.560. The topological polar surface area (TPSA) is 71.1 Å². The van der Waals surface area contributed by atoms with Gasteiger partial charge < -0.3 is 18.9 Å². The summed E-state index contributed by atoms with van der Waals surface area (Å²) >= 11 is 0. The lowest BCUT2D eigenvalue weighted by Crippen LogP contribution is -2.09. The lowest BCUT2D eigenvalue weighted by molar-refractivity contribution is -0.144. The summed E-state index contributed by atoms with van der Waals surface area (Å²) < 4.78 is 22.5. The molecule has 0 aliphatic carbocycles. The molecule has 0 fully saturated rings. The van der Waals surface area contributed by atoms with Crippen molar-refractivity contribution in [3.63, 3.8) is 0 Å². The molecule has 0 bridgehead atoms. The van der Waals surface area contributed by atoms with Gasteiger partial charge in [-0.3, -0.25) is 9.59 Å².